The Labute approximate surface area is 121 Å². The van der Waals surface area contributed by atoms with Gasteiger partial charge in [-0.25, -0.2) is 0 Å². The molecule has 0 atom stereocenters. The number of ether oxygens (including phenoxy) is 1. The lowest BCUT2D eigenvalue weighted by atomic mass is 10.1. The fourth-order valence-electron chi connectivity index (χ4n) is 1.83. The number of methoxy groups -OCH3 is 1. The van der Waals surface area contributed by atoms with Crippen LogP contribution in [0.15, 0.2) is 42.5 Å². The maximum absolute atomic E-state index is 12.2. The topological polar surface area (TPSA) is 107 Å². The molecule has 2 aromatic rings. The highest BCUT2D eigenvalue weighted by molar-refractivity contribution is 6.06. The Morgan fingerprint density at radius 2 is 1.86 bits per heavy atom. The standard InChI is InChI=1S/C15H15N3O3/c1-21-13-6-5-9(14(17)19)8-12(13)18-15(20)10-3-2-4-11(16)7-10/h2-8H,16H2,1H3,(H2,17,19)(H,18,20). The van der Waals surface area contributed by atoms with E-state index in [4.69, 9.17) is 16.2 Å². The van der Waals surface area contributed by atoms with E-state index in [2.05, 4.69) is 5.32 Å². The zero-order valence-corrected chi connectivity index (χ0v) is 11.4. The summed E-state index contributed by atoms with van der Waals surface area (Å²) in [5.41, 5.74) is 12.4. The lowest BCUT2D eigenvalue weighted by molar-refractivity contribution is 0.0996. The van der Waals surface area contributed by atoms with E-state index in [1.54, 1.807) is 30.3 Å². The summed E-state index contributed by atoms with van der Waals surface area (Å²) in [4.78, 5) is 23.4. The summed E-state index contributed by atoms with van der Waals surface area (Å²) in [6, 6.07) is 11.1. The number of benzene rings is 2. The monoisotopic (exact) mass is 285 g/mol. The fourth-order valence-corrected chi connectivity index (χ4v) is 1.83. The van der Waals surface area contributed by atoms with Gasteiger partial charge in [0.05, 0.1) is 12.8 Å². The first kappa shape index (κ1) is 14.4. The summed E-state index contributed by atoms with van der Waals surface area (Å²) >= 11 is 0. The molecule has 21 heavy (non-hydrogen) atoms. The van der Waals surface area contributed by atoms with Crippen molar-refractivity contribution in [1.29, 1.82) is 0 Å². The zero-order chi connectivity index (χ0) is 15.4. The third-order valence-corrected chi connectivity index (χ3v) is 2.88. The van der Waals surface area contributed by atoms with Crippen LogP contribution in [0.3, 0.4) is 0 Å². The minimum atomic E-state index is -0.586. The van der Waals surface area contributed by atoms with Crippen molar-refractivity contribution >= 4 is 23.2 Å². The second kappa shape index (κ2) is 5.96. The summed E-state index contributed by atoms with van der Waals surface area (Å²) < 4.78 is 5.15. The minimum absolute atomic E-state index is 0.277. The van der Waals surface area contributed by atoms with Crippen molar-refractivity contribution in [3.63, 3.8) is 0 Å². The van der Waals surface area contributed by atoms with Crippen LogP contribution < -0.4 is 21.5 Å². The van der Waals surface area contributed by atoms with Gasteiger partial charge in [0.2, 0.25) is 5.91 Å². The quantitative estimate of drug-likeness (QED) is 0.742. The van der Waals surface area contributed by atoms with Crippen LogP contribution in [0.4, 0.5) is 11.4 Å². The van der Waals surface area contributed by atoms with Crippen LogP contribution in [0.1, 0.15) is 20.7 Å². The van der Waals surface area contributed by atoms with Gasteiger partial charge in [0, 0.05) is 16.8 Å². The number of anilines is 2. The number of rotatable bonds is 4. The SMILES string of the molecule is COc1ccc(C(N)=O)cc1NC(=O)c1cccc(N)c1. The maximum atomic E-state index is 12.2. The molecule has 0 saturated carbocycles. The average molecular weight is 285 g/mol. The van der Waals surface area contributed by atoms with Crippen molar-refractivity contribution in [2.24, 2.45) is 5.73 Å². The molecule has 6 nitrogen and oxygen atoms in total. The molecule has 2 amide bonds. The van der Waals surface area contributed by atoms with E-state index in [0.29, 0.717) is 22.7 Å². The van der Waals surface area contributed by atoms with Gasteiger partial charge >= 0.3 is 0 Å². The number of carbonyl (C=O) groups is 2. The number of nitrogen functional groups attached to an aromatic ring is 1. The van der Waals surface area contributed by atoms with Crippen molar-refractivity contribution in [3.8, 4) is 5.75 Å². The Balaban J connectivity index is 2.31. The van der Waals surface area contributed by atoms with Gasteiger partial charge < -0.3 is 21.5 Å². The lowest BCUT2D eigenvalue weighted by Crippen LogP contribution is -2.15. The highest BCUT2D eigenvalue weighted by Crippen LogP contribution is 2.26. The van der Waals surface area contributed by atoms with Gasteiger partial charge in [-0.05, 0) is 36.4 Å². The third-order valence-electron chi connectivity index (χ3n) is 2.88. The second-order valence-corrected chi connectivity index (χ2v) is 4.36. The molecule has 0 aliphatic rings. The summed E-state index contributed by atoms with van der Waals surface area (Å²) in [5.74, 6) is -0.517. The number of hydrogen-bond acceptors (Lipinski definition) is 4. The first-order valence-corrected chi connectivity index (χ1v) is 6.16. The molecule has 0 aliphatic heterocycles. The Morgan fingerprint density at radius 3 is 2.48 bits per heavy atom. The number of hydrogen-bond donors (Lipinski definition) is 3. The van der Waals surface area contributed by atoms with Crippen molar-refractivity contribution in [1.82, 2.24) is 0 Å². The molecular formula is C15H15N3O3. The predicted octanol–water partition coefficient (Wildman–Crippen LogP) is 1.63. The summed E-state index contributed by atoms with van der Waals surface area (Å²) in [7, 11) is 1.47. The van der Waals surface area contributed by atoms with Gasteiger partial charge in [0.1, 0.15) is 5.75 Å². The Hall–Kier alpha value is -3.02. The molecule has 0 aromatic heterocycles. The third kappa shape index (κ3) is 3.30. The highest BCUT2D eigenvalue weighted by atomic mass is 16.5. The molecule has 108 valence electrons. The smallest absolute Gasteiger partial charge is 0.255 e. The normalized spacial score (nSPS) is 9.95. The highest BCUT2D eigenvalue weighted by Gasteiger charge is 2.12. The second-order valence-electron chi connectivity index (χ2n) is 4.36. The summed E-state index contributed by atoms with van der Waals surface area (Å²) in [6.07, 6.45) is 0. The average Bonchev–Trinajstić information content (AvgIpc) is 2.47. The van der Waals surface area contributed by atoms with E-state index in [1.165, 1.54) is 19.2 Å². The van der Waals surface area contributed by atoms with Crippen molar-refractivity contribution in [3.05, 3.63) is 53.6 Å². The van der Waals surface area contributed by atoms with Gasteiger partial charge in [-0.2, -0.15) is 0 Å². The molecule has 5 N–H and O–H groups in total. The van der Waals surface area contributed by atoms with E-state index in [1.807, 2.05) is 0 Å². The van der Waals surface area contributed by atoms with Crippen LogP contribution in [0, 0.1) is 0 Å². The van der Waals surface area contributed by atoms with Crippen molar-refractivity contribution in [2.75, 3.05) is 18.2 Å². The number of nitrogens with one attached hydrogen (secondary N) is 1. The Bertz CT molecular complexity index is 698. The van der Waals surface area contributed by atoms with Crippen molar-refractivity contribution < 1.29 is 14.3 Å². The van der Waals surface area contributed by atoms with Gasteiger partial charge in [0.15, 0.2) is 0 Å². The number of amides is 2. The van der Waals surface area contributed by atoms with Crippen LogP contribution in [-0.4, -0.2) is 18.9 Å². The number of primary amides is 1. The fraction of sp³-hybridized carbons (Fsp3) is 0.0667. The molecular weight excluding hydrogens is 270 g/mol. The first-order chi connectivity index (χ1) is 10.0. The van der Waals surface area contributed by atoms with Crippen LogP contribution in [0.25, 0.3) is 0 Å². The molecule has 0 heterocycles. The van der Waals surface area contributed by atoms with E-state index < -0.39 is 5.91 Å². The molecule has 2 aromatic carbocycles. The lowest BCUT2D eigenvalue weighted by Gasteiger charge is -2.11. The van der Waals surface area contributed by atoms with Gasteiger partial charge in [-0.1, -0.05) is 6.07 Å². The molecule has 0 spiro atoms. The summed E-state index contributed by atoms with van der Waals surface area (Å²) in [5, 5.41) is 2.67. The first-order valence-electron chi connectivity index (χ1n) is 6.16. The molecule has 0 radical (unpaired) electrons. The zero-order valence-electron chi connectivity index (χ0n) is 11.4. The van der Waals surface area contributed by atoms with Gasteiger partial charge in [-0.3, -0.25) is 9.59 Å². The van der Waals surface area contributed by atoms with Gasteiger partial charge in [-0.15, -0.1) is 0 Å². The van der Waals surface area contributed by atoms with Crippen LogP contribution in [-0.2, 0) is 0 Å². The number of carbonyl (C=O) groups excluding carboxylic acids is 2. The molecule has 0 saturated heterocycles. The van der Waals surface area contributed by atoms with E-state index >= 15 is 0 Å². The maximum Gasteiger partial charge on any atom is 0.255 e. The molecule has 2 rings (SSSR count). The van der Waals surface area contributed by atoms with E-state index in [-0.39, 0.29) is 11.5 Å². The van der Waals surface area contributed by atoms with Crippen LogP contribution in [0.5, 0.6) is 5.75 Å². The van der Waals surface area contributed by atoms with Crippen LogP contribution >= 0.6 is 0 Å². The molecule has 0 fully saturated rings. The van der Waals surface area contributed by atoms with Crippen LogP contribution in [0.2, 0.25) is 0 Å². The van der Waals surface area contributed by atoms with Gasteiger partial charge in [0.25, 0.3) is 5.91 Å². The molecule has 0 aliphatic carbocycles. The Morgan fingerprint density at radius 1 is 1.10 bits per heavy atom. The molecule has 0 unspecified atom stereocenters. The largest absolute Gasteiger partial charge is 0.495 e. The number of nitrogens with two attached hydrogens (primary N) is 2. The molecule has 6 heteroatoms. The predicted molar refractivity (Wildman–Crippen MR) is 80.3 cm³/mol. The Kier molecular flexibility index (Phi) is 4.08. The van der Waals surface area contributed by atoms with E-state index in [0.717, 1.165) is 0 Å². The van der Waals surface area contributed by atoms with Crippen molar-refractivity contribution in [2.45, 2.75) is 0 Å². The van der Waals surface area contributed by atoms with E-state index in [9.17, 15) is 9.59 Å². The minimum Gasteiger partial charge on any atom is -0.495 e. The summed E-state index contributed by atoms with van der Waals surface area (Å²) in [6.45, 7) is 0. The molecule has 0 bridgehead atoms.